The largest absolute Gasteiger partial charge is 0.284 e. The van der Waals surface area contributed by atoms with Gasteiger partial charge in [-0.15, -0.1) is 0 Å². The number of rotatable bonds is 5. The molecule has 3 nitrogen and oxygen atoms in total. The third-order valence-corrected chi connectivity index (χ3v) is 5.46. The van der Waals surface area contributed by atoms with Crippen LogP contribution in [-0.4, -0.2) is 22.0 Å². The molecule has 1 atom stereocenters. The van der Waals surface area contributed by atoms with Gasteiger partial charge in [0.25, 0.3) is 5.91 Å². The highest BCUT2D eigenvalue weighted by molar-refractivity contribution is 8.18. The fourth-order valence-corrected chi connectivity index (χ4v) is 3.73. The maximum atomic E-state index is 12.9. The molecule has 4 heteroatoms. The van der Waals surface area contributed by atoms with E-state index in [2.05, 4.69) is 20.8 Å². The van der Waals surface area contributed by atoms with E-state index < -0.39 is 0 Å². The van der Waals surface area contributed by atoms with Gasteiger partial charge in [0.05, 0.1) is 10.6 Å². The van der Waals surface area contributed by atoms with E-state index in [9.17, 15) is 4.79 Å². The van der Waals surface area contributed by atoms with Crippen molar-refractivity contribution in [3.05, 3.63) is 82.8 Å². The summed E-state index contributed by atoms with van der Waals surface area (Å²) in [6.45, 7) is 6.20. The molecular formula is C23H24N2OS. The molecule has 0 aromatic heterocycles. The van der Waals surface area contributed by atoms with Crippen LogP contribution in [0.15, 0.2) is 76.6 Å². The topological polar surface area (TPSA) is 32.7 Å². The van der Waals surface area contributed by atoms with Crippen molar-refractivity contribution >= 4 is 34.6 Å². The number of benzene rings is 2. The van der Waals surface area contributed by atoms with E-state index in [0.717, 1.165) is 22.8 Å². The Morgan fingerprint density at radius 2 is 1.81 bits per heavy atom. The lowest BCUT2D eigenvalue weighted by Crippen LogP contribution is -2.36. The maximum absolute atomic E-state index is 12.9. The molecule has 1 amide bonds. The van der Waals surface area contributed by atoms with E-state index in [-0.39, 0.29) is 11.9 Å². The Balaban J connectivity index is 1.87. The number of aryl methyl sites for hydroxylation is 1. The quantitative estimate of drug-likeness (QED) is 0.604. The smallest absolute Gasteiger partial charge is 0.266 e. The van der Waals surface area contributed by atoms with Crippen molar-refractivity contribution in [3.63, 3.8) is 0 Å². The van der Waals surface area contributed by atoms with E-state index in [1.165, 1.54) is 17.3 Å². The number of nitrogens with zero attached hydrogens (tertiary/aromatic N) is 2. The van der Waals surface area contributed by atoms with Gasteiger partial charge in [0.2, 0.25) is 0 Å². The molecule has 0 N–H and O–H groups in total. The van der Waals surface area contributed by atoms with Crippen LogP contribution in [-0.2, 0) is 4.79 Å². The molecule has 27 heavy (non-hydrogen) atoms. The summed E-state index contributed by atoms with van der Waals surface area (Å²) in [7, 11) is 0. The van der Waals surface area contributed by atoms with Gasteiger partial charge in [-0.05, 0) is 55.8 Å². The standard InChI is InChI=1S/C23H24N2OS/c1-4-18(3)25-22(26)21(12-8-11-19-9-6-5-7-10-19)27-23(25)24-20-15-13-17(2)14-16-20/h5-16,18H,4H2,1-3H3/b11-8+,21-12+,24-23?/t18-/m1/s1. The van der Waals surface area contributed by atoms with Gasteiger partial charge in [0, 0.05) is 6.04 Å². The number of carbonyl (C=O) groups is 1. The summed E-state index contributed by atoms with van der Waals surface area (Å²) in [5, 5.41) is 0.748. The molecule has 1 fully saturated rings. The van der Waals surface area contributed by atoms with Crippen LogP contribution in [0.25, 0.3) is 6.08 Å². The number of hydrogen-bond donors (Lipinski definition) is 0. The first-order valence-corrected chi connectivity index (χ1v) is 10.0. The summed E-state index contributed by atoms with van der Waals surface area (Å²) in [5.41, 5.74) is 3.17. The van der Waals surface area contributed by atoms with Gasteiger partial charge in [0.1, 0.15) is 0 Å². The molecule has 0 unspecified atom stereocenters. The van der Waals surface area contributed by atoms with Crippen molar-refractivity contribution < 1.29 is 4.79 Å². The van der Waals surface area contributed by atoms with Gasteiger partial charge in [0.15, 0.2) is 5.17 Å². The molecule has 0 saturated carbocycles. The van der Waals surface area contributed by atoms with Crippen molar-refractivity contribution in [3.8, 4) is 0 Å². The van der Waals surface area contributed by atoms with Gasteiger partial charge in [-0.25, -0.2) is 4.99 Å². The molecular weight excluding hydrogens is 352 g/mol. The van der Waals surface area contributed by atoms with Crippen LogP contribution in [0, 0.1) is 6.92 Å². The minimum absolute atomic E-state index is 0.0259. The molecule has 1 saturated heterocycles. The predicted molar refractivity (Wildman–Crippen MR) is 116 cm³/mol. The highest BCUT2D eigenvalue weighted by Crippen LogP contribution is 2.34. The minimum atomic E-state index is 0.0259. The number of allylic oxidation sites excluding steroid dienone is 2. The SMILES string of the molecule is CC[C@@H](C)N1C(=O)/C(=C\C=C\c2ccccc2)SC1=Nc1ccc(C)cc1. The second kappa shape index (κ2) is 8.87. The van der Waals surface area contributed by atoms with Crippen LogP contribution >= 0.6 is 11.8 Å². The first kappa shape index (κ1) is 19.2. The lowest BCUT2D eigenvalue weighted by molar-refractivity contribution is -0.123. The first-order valence-electron chi connectivity index (χ1n) is 9.18. The van der Waals surface area contributed by atoms with Gasteiger partial charge in [-0.2, -0.15) is 0 Å². The third-order valence-electron chi connectivity index (χ3n) is 4.46. The second-order valence-corrected chi connectivity index (χ2v) is 7.57. The Kier molecular flexibility index (Phi) is 6.30. The highest BCUT2D eigenvalue weighted by atomic mass is 32.2. The molecule has 0 bridgehead atoms. The molecule has 2 aromatic carbocycles. The molecule has 2 aromatic rings. The Morgan fingerprint density at radius 1 is 1.11 bits per heavy atom. The normalized spacial score (nSPS) is 18.8. The Morgan fingerprint density at radius 3 is 2.48 bits per heavy atom. The van der Waals surface area contributed by atoms with Crippen molar-refractivity contribution in [1.82, 2.24) is 4.90 Å². The van der Waals surface area contributed by atoms with Gasteiger partial charge >= 0.3 is 0 Å². The minimum Gasteiger partial charge on any atom is -0.284 e. The van der Waals surface area contributed by atoms with Crippen molar-refractivity contribution in [2.45, 2.75) is 33.2 Å². The molecule has 1 aliphatic rings. The lowest BCUT2D eigenvalue weighted by Gasteiger charge is -2.22. The summed E-state index contributed by atoms with van der Waals surface area (Å²) >= 11 is 1.44. The fraction of sp³-hybridized carbons (Fsp3) is 0.217. The first-order chi connectivity index (χ1) is 13.1. The Hall–Kier alpha value is -2.59. The number of carbonyl (C=O) groups excluding carboxylic acids is 1. The molecule has 1 aliphatic heterocycles. The summed E-state index contributed by atoms with van der Waals surface area (Å²) in [5.74, 6) is 0.0259. The predicted octanol–water partition coefficient (Wildman–Crippen LogP) is 5.95. The van der Waals surface area contributed by atoms with Gasteiger partial charge in [-0.1, -0.05) is 67.1 Å². The molecule has 0 radical (unpaired) electrons. The summed E-state index contributed by atoms with van der Waals surface area (Å²) in [6.07, 6.45) is 6.70. The van der Waals surface area contributed by atoms with Crippen LogP contribution in [0.4, 0.5) is 5.69 Å². The van der Waals surface area contributed by atoms with Crippen LogP contribution < -0.4 is 0 Å². The number of aliphatic imine (C=N–C) groups is 1. The zero-order chi connectivity index (χ0) is 19.2. The monoisotopic (exact) mass is 376 g/mol. The summed E-state index contributed by atoms with van der Waals surface area (Å²) in [6, 6.07) is 18.2. The van der Waals surface area contributed by atoms with Crippen molar-refractivity contribution in [1.29, 1.82) is 0 Å². The zero-order valence-electron chi connectivity index (χ0n) is 15.9. The van der Waals surface area contributed by atoms with E-state index in [4.69, 9.17) is 4.99 Å². The number of amidine groups is 1. The van der Waals surface area contributed by atoms with E-state index in [0.29, 0.717) is 4.91 Å². The molecule has 1 heterocycles. The van der Waals surface area contributed by atoms with Gasteiger partial charge in [-0.3, -0.25) is 9.69 Å². The summed E-state index contributed by atoms with van der Waals surface area (Å²) in [4.78, 5) is 20.2. The van der Waals surface area contributed by atoms with Crippen molar-refractivity contribution in [2.75, 3.05) is 0 Å². The van der Waals surface area contributed by atoms with E-state index in [1.54, 1.807) is 0 Å². The second-order valence-electron chi connectivity index (χ2n) is 6.57. The van der Waals surface area contributed by atoms with Crippen LogP contribution in [0.3, 0.4) is 0 Å². The van der Waals surface area contributed by atoms with E-state index in [1.807, 2.05) is 77.7 Å². The van der Waals surface area contributed by atoms with Crippen LogP contribution in [0.5, 0.6) is 0 Å². The molecule has 3 rings (SSSR count). The molecule has 138 valence electrons. The van der Waals surface area contributed by atoms with Crippen LogP contribution in [0.1, 0.15) is 31.4 Å². The average Bonchev–Trinajstić information content (AvgIpc) is 2.99. The summed E-state index contributed by atoms with van der Waals surface area (Å²) < 4.78 is 0. The molecule has 0 aliphatic carbocycles. The Labute approximate surface area is 165 Å². The van der Waals surface area contributed by atoms with Gasteiger partial charge < -0.3 is 0 Å². The highest BCUT2D eigenvalue weighted by Gasteiger charge is 2.35. The fourth-order valence-electron chi connectivity index (χ4n) is 2.69. The number of amides is 1. The van der Waals surface area contributed by atoms with Crippen molar-refractivity contribution in [2.24, 2.45) is 4.99 Å². The number of hydrogen-bond acceptors (Lipinski definition) is 3. The Bertz CT molecular complexity index is 882. The number of thioether (sulfide) groups is 1. The maximum Gasteiger partial charge on any atom is 0.266 e. The third kappa shape index (κ3) is 4.77. The van der Waals surface area contributed by atoms with Crippen LogP contribution in [0.2, 0.25) is 0 Å². The zero-order valence-corrected chi connectivity index (χ0v) is 16.7. The molecule has 0 spiro atoms. The average molecular weight is 377 g/mol. The van der Waals surface area contributed by atoms with E-state index >= 15 is 0 Å². The lowest BCUT2D eigenvalue weighted by atomic mass is 10.2.